The Morgan fingerprint density at radius 1 is 1.69 bits per heavy atom. The molecule has 0 radical (unpaired) electrons. The third-order valence-corrected chi connectivity index (χ3v) is 2.87. The number of rotatable bonds is 3. The Morgan fingerprint density at radius 3 is 2.92 bits per heavy atom. The molecule has 1 aliphatic carbocycles. The van der Waals surface area contributed by atoms with Crippen LogP contribution in [0.1, 0.15) is 25.0 Å². The van der Waals surface area contributed by atoms with E-state index in [0.717, 1.165) is 25.7 Å². The number of nitrogens with zero attached hydrogens (tertiary/aromatic N) is 3. The first-order valence-corrected chi connectivity index (χ1v) is 4.64. The summed E-state index contributed by atoms with van der Waals surface area (Å²) in [4.78, 5) is 0. The lowest BCUT2D eigenvalue weighted by Gasteiger charge is -2.04. The van der Waals surface area contributed by atoms with Crippen molar-refractivity contribution in [2.45, 2.75) is 25.7 Å². The van der Waals surface area contributed by atoms with Crippen LogP contribution in [0.3, 0.4) is 0 Å². The molecular weight excluding hydrogens is 162 g/mol. The van der Waals surface area contributed by atoms with Crippen molar-refractivity contribution in [1.29, 1.82) is 5.26 Å². The van der Waals surface area contributed by atoms with E-state index in [0.29, 0.717) is 0 Å². The summed E-state index contributed by atoms with van der Waals surface area (Å²) in [5.41, 5.74) is 1.24. The van der Waals surface area contributed by atoms with Crippen LogP contribution in [0.2, 0.25) is 0 Å². The normalized spacial score (nSPS) is 18.2. The van der Waals surface area contributed by atoms with E-state index in [9.17, 15) is 0 Å². The van der Waals surface area contributed by atoms with E-state index in [1.165, 1.54) is 5.69 Å². The van der Waals surface area contributed by atoms with Gasteiger partial charge in [0.2, 0.25) is 0 Å². The largest absolute Gasteiger partial charge is 0.273 e. The molecule has 1 saturated carbocycles. The molecule has 1 aromatic rings. The predicted molar refractivity (Wildman–Crippen MR) is 48.8 cm³/mol. The van der Waals surface area contributed by atoms with Gasteiger partial charge in [-0.25, -0.2) is 0 Å². The molecule has 1 aromatic heterocycles. The molecule has 0 bridgehead atoms. The van der Waals surface area contributed by atoms with Crippen LogP contribution in [0.5, 0.6) is 0 Å². The summed E-state index contributed by atoms with van der Waals surface area (Å²) in [5.74, 6) is 0. The second-order valence-electron chi connectivity index (χ2n) is 3.84. The van der Waals surface area contributed by atoms with E-state index in [-0.39, 0.29) is 5.41 Å². The number of aromatic nitrogens is 2. The number of aryl methyl sites for hydroxylation is 2. The van der Waals surface area contributed by atoms with Gasteiger partial charge in [0.25, 0.3) is 0 Å². The minimum atomic E-state index is 0.0181. The van der Waals surface area contributed by atoms with Crippen molar-refractivity contribution in [3.05, 3.63) is 18.0 Å². The van der Waals surface area contributed by atoms with Gasteiger partial charge in [0.1, 0.15) is 0 Å². The van der Waals surface area contributed by atoms with Crippen molar-refractivity contribution in [3.63, 3.8) is 0 Å². The Labute approximate surface area is 78.0 Å². The average Bonchev–Trinajstić information content (AvgIpc) is 2.82. The maximum Gasteiger partial charge on any atom is 0.0689 e. The molecule has 1 heterocycles. The van der Waals surface area contributed by atoms with Gasteiger partial charge in [-0.3, -0.25) is 4.68 Å². The summed E-state index contributed by atoms with van der Waals surface area (Å²) in [7, 11) is 1.95. The number of nitriles is 1. The summed E-state index contributed by atoms with van der Waals surface area (Å²) < 4.78 is 1.88. The topological polar surface area (TPSA) is 41.6 Å². The third-order valence-electron chi connectivity index (χ3n) is 2.87. The fourth-order valence-corrected chi connectivity index (χ4v) is 1.58. The highest BCUT2D eigenvalue weighted by Gasteiger charge is 2.42. The molecule has 0 N–H and O–H groups in total. The van der Waals surface area contributed by atoms with E-state index in [1.807, 2.05) is 17.8 Å². The van der Waals surface area contributed by atoms with Gasteiger partial charge < -0.3 is 0 Å². The van der Waals surface area contributed by atoms with Crippen LogP contribution in [0, 0.1) is 16.7 Å². The van der Waals surface area contributed by atoms with E-state index in [4.69, 9.17) is 5.26 Å². The fraction of sp³-hybridized carbons (Fsp3) is 0.600. The molecule has 0 aromatic carbocycles. The van der Waals surface area contributed by atoms with Gasteiger partial charge in [0.15, 0.2) is 0 Å². The summed E-state index contributed by atoms with van der Waals surface area (Å²) in [6.45, 7) is 0. The molecule has 0 spiro atoms. The molecule has 3 nitrogen and oxygen atoms in total. The van der Waals surface area contributed by atoms with E-state index >= 15 is 0 Å². The molecule has 2 rings (SSSR count). The summed E-state index contributed by atoms with van der Waals surface area (Å²) >= 11 is 0. The zero-order valence-corrected chi connectivity index (χ0v) is 7.82. The van der Waals surface area contributed by atoms with Crippen LogP contribution in [0.4, 0.5) is 0 Å². The molecule has 0 amide bonds. The SMILES string of the molecule is Cn1nccc1CCC1(C#N)CC1. The minimum Gasteiger partial charge on any atom is -0.273 e. The first kappa shape index (κ1) is 8.31. The lowest BCUT2D eigenvalue weighted by Crippen LogP contribution is -2.03. The van der Waals surface area contributed by atoms with Crippen LogP contribution >= 0.6 is 0 Å². The lowest BCUT2D eigenvalue weighted by molar-refractivity contribution is 0.572. The van der Waals surface area contributed by atoms with Crippen molar-refractivity contribution in [2.24, 2.45) is 12.5 Å². The maximum atomic E-state index is 8.88. The van der Waals surface area contributed by atoms with E-state index in [2.05, 4.69) is 11.2 Å². The molecule has 1 fully saturated rings. The van der Waals surface area contributed by atoms with Crippen LogP contribution in [0.25, 0.3) is 0 Å². The molecule has 0 saturated heterocycles. The highest BCUT2D eigenvalue weighted by molar-refractivity contribution is 5.12. The summed E-state index contributed by atoms with van der Waals surface area (Å²) in [6, 6.07) is 4.43. The van der Waals surface area contributed by atoms with Gasteiger partial charge in [-0.15, -0.1) is 0 Å². The third kappa shape index (κ3) is 1.57. The van der Waals surface area contributed by atoms with Crippen molar-refractivity contribution in [1.82, 2.24) is 9.78 Å². The van der Waals surface area contributed by atoms with Gasteiger partial charge in [-0.05, 0) is 31.7 Å². The highest BCUT2D eigenvalue weighted by Crippen LogP contribution is 2.48. The lowest BCUT2D eigenvalue weighted by atomic mass is 10.0. The van der Waals surface area contributed by atoms with Gasteiger partial charge >= 0.3 is 0 Å². The van der Waals surface area contributed by atoms with Gasteiger partial charge in [-0.2, -0.15) is 10.4 Å². The summed E-state index contributed by atoms with van der Waals surface area (Å²) in [6.07, 6.45) is 5.94. The molecule has 0 unspecified atom stereocenters. The van der Waals surface area contributed by atoms with Crippen molar-refractivity contribution < 1.29 is 0 Å². The molecule has 0 aliphatic heterocycles. The second kappa shape index (κ2) is 2.88. The Bertz CT molecular complexity index is 341. The van der Waals surface area contributed by atoms with Crippen molar-refractivity contribution in [3.8, 4) is 6.07 Å². The van der Waals surface area contributed by atoms with Crippen LogP contribution < -0.4 is 0 Å². The molecule has 68 valence electrons. The minimum absolute atomic E-state index is 0.0181. The van der Waals surface area contributed by atoms with Crippen molar-refractivity contribution >= 4 is 0 Å². The highest BCUT2D eigenvalue weighted by atomic mass is 15.2. The summed E-state index contributed by atoms with van der Waals surface area (Å²) in [5, 5.41) is 13.0. The van der Waals surface area contributed by atoms with Crippen molar-refractivity contribution in [2.75, 3.05) is 0 Å². The molecule has 1 aliphatic rings. The Balaban J connectivity index is 1.94. The van der Waals surface area contributed by atoms with E-state index < -0.39 is 0 Å². The van der Waals surface area contributed by atoms with Crippen LogP contribution in [-0.2, 0) is 13.5 Å². The van der Waals surface area contributed by atoms with E-state index in [1.54, 1.807) is 6.20 Å². The average molecular weight is 175 g/mol. The van der Waals surface area contributed by atoms with Crippen LogP contribution in [-0.4, -0.2) is 9.78 Å². The van der Waals surface area contributed by atoms with Gasteiger partial charge in [-0.1, -0.05) is 0 Å². The predicted octanol–water partition coefficient (Wildman–Crippen LogP) is 1.66. The molecular formula is C10H13N3. The first-order valence-electron chi connectivity index (χ1n) is 4.64. The number of hydrogen-bond donors (Lipinski definition) is 0. The zero-order chi connectivity index (χ0) is 9.31. The Hall–Kier alpha value is -1.30. The fourth-order valence-electron chi connectivity index (χ4n) is 1.58. The Morgan fingerprint density at radius 2 is 2.46 bits per heavy atom. The smallest absolute Gasteiger partial charge is 0.0689 e. The quantitative estimate of drug-likeness (QED) is 0.701. The monoisotopic (exact) mass is 175 g/mol. The maximum absolute atomic E-state index is 8.88. The zero-order valence-electron chi connectivity index (χ0n) is 7.82. The van der Waals surface area contributed by atoms with Gasteiger partial charge in [0, 0.05) is 18.9 Å². The molecule has 13 heavy (non-hydrogen) atoms. The molecule has 0 atom stereocenters. The standard InChI is InChI=1S/C10H13N3/c1-13-9(3-7-12-13)2-4-10(8-11)5-6-10/h3,7H,2,4-6H2,1H3. The number of hydrogen-bond acceptors (Lipinski definition) is 2. The van der Waals surface area contributed by atoms with Gasteiger partial charge in [0.05, 0.1) is 11.5 Å². The molecule has 3 heteroatoms. The van der Waals surface area contributed by atoms with Crippen LogP contribution in [0.15, 0.2) is 12.3 Å². The second-order valence-corrected chi connectivity index (χ2v) is 3.84. The Kier molecular flexibility index (Phi) is 1.84. The first-order chi connectivity index (χ1) is 6.26.